The maximum atomic E-state index is 14.0. The molecule has 0 atom stereocenters. The molecule has 0 saturated heterocycles. The second-order valence-corrected chi connectivity index (χ2v) is 15.2. The number of allylic oxidation sites excluding steroid dienone is 4. The number of hydrogen-bond acceptors (Lipinski definition) is 8. The largest absolute Gasteiger partial charge is 0.277 e. The fourth-order valence-corrected chi connectivity index (χ4v) is 9.08. The molecular weight excluding hydrogens is 607 g/mol. The highest BCUT2D eigenvalue weighted by atomic mass is 32.3. The van der Waals surface area contributed by atoms with E-state index in [2.05, 4.69) is 5.92 Å². The van der Waals surface area contributed by atoms with Crippen LogP contribution in [-0.4, -0.2) is 26.8 Å². The van der Waals surface area contributed by atoms with Gasteiger partial charge in [-0.1, -0.05) is 35.7 Å². The van der Waals surface area contributed by atoms with E-state index in [-0.39, 0.29) is 15.5 Å². The molecule has 5 rings (SSSR count). The number of fused-ring (bicyclic) bond motifs is 1. The van der Waals surface area contributed by atoms with Gasteiger partial charge in [-0.2, -0.15) is 3.71 Å². The minimum absolute atomic E-state index is 0.0937. The zero-order chi connectivity index (χ0) is 30.1. The SMILES string of the molecule is C#CC(C)=CC=C(C)S(=O)(=O)N(c1ccc2nc(-c3cccs3)c(-c3cccs3)nc2c1)S(=O)(=O)c1ccc(C)cc1. The van der Waals surface area contributed by atoms with Crippen LogP contribution in [0.15, 0.2) is 105 Å². The number of sulfonamides is 2. The summed E-state index contributed by atoms with van der Waals surface area (Å²) in [5.41, 5.74) is 3.38. The van der Waals surface area contributed by atoms with Gasteiger partial charge in [-0.15, -0.1) is 29.1 Å². The molecule has 0 saturated carbocycles. The Kier molecular flexibility index (Phi) is 8.17. The molecule has 0 amide bonds. The molecule has 212 valence electrons. The Morgan fingerprint density at radius 3 is 1.98 bits per heavy atom. The smallest absolute Gasteiger partial charge is 0.243 e. The first-order chi connectivity index (χ1) is 20.0. The maximum absolute atomic E-state index is 14.0. The van der Waals surface area contributed by atoms with Crippen molar-refractivity contribution in [1.29, 1.82) is 0 Å². The summed E-state index contributed by atoms with van der Waals surface area (Å²) in [6, 6.07) is 18.2. The predicted octanol–water partition coefficient (Wildman–Crippen LogP) is 7.40. The van der Waals surface area contributed by atoms with Gasteiger partial charge in [-0.3, -0.25) is 0 Å². The molecular formula is C31H25N3O4S4. The van der Waals surface area contributed by atoms with E-state index in [9.17, 15) is 16.8 Å². The van der Waals surface area contributed by atoms with Crippen LogP contribution in [0, 0.1) is 19.3 Å². The minimum Gasteiger partial charge on any atom is -0.243 e. The van der Waals surface area contributed by atoms with Gasteiger partial charge in [0.15, 0.2) is 0 Å². The Labute approximate surface area is 253 Å². The van der Waals surface area contributed by atoms with Crippen LogP contribution in [0.5, 0.6) is 0 Å². The molecule has 0 aliphatic carbocycles. The fourth-order valence-electron chi connectivity index (χ4n) is 4.05. The lowest BCUT2D eigenvalue weighted by atomic mass is 10.2. The summed E-state index contributed by atoms with van der Waals surface area (Å²) in [6.07, 6.45) is 8.15. The summed E-state index contributed by atoms with van der Waals surface area (Å²) in [6.45, 7) is 4.79. The molecule has 0 spiro atoms. The van der Waals surface area contributed by atoms with Crippen molar-refractivity contribution in [3.8, 4) is 33.5 Å². The molecule has 0 aliphatic heterocycles. The standard InChI is InChI=1S/C31H25N3O4S4/c1-5-21(2)10-13-23(4)41(35,36)34(42(37,38)25-15-11-22(3)12-16-25)24-14-17-26-27(20-24)33-31(29-9-7-19-40-29)30(32-26)28-8-6-18-39-28/h1,6-20H,2-4H3. The summed E-state index contributed by atoms with van der Waals surface area (Å²) >= 11 is 3.03. The number of benzene rings is 2. The molecule has 3 heterocycles. The molecule has 0 unspecified atom stereocenters. The first kappa shape index (κ1) is 29.4. The molecule has 11 heteroatoms. The van der Waals surface area contributed by atoms with Gasteiger partial charge in [-0.05, 0) is 91.7 Å². The van der Waals surface area contributed by atoms with Crippen molar-refractivity contribution < 1.29 is 16.8 Å². The first-order valence-electron chi connectivity index (χ1n) is 12.6. The summed E-state index contributed by atoms with van der Waals surface area (Å²) < 4.78 is 56.5. The Balaban J connectivity index is 1.75. The van der Waals surface area contributed by atoms with E-state index in [1.54, 1.807) is 25.1 Å². The Morgan fingerprint density at radius 1 is 0.833 bits per heavy atom. The normalized spacial score (nSPS) is 12.8. The number of rotatable bonds is 8. The highest BCUT2D eigenvalue weighted by Gasteiger charge is 2.37. The molecule has 2 aromatic carbocycles. The summed E-state index contributed by atoms with van der Waals surface area (Å²) in [5.74, 6) is 2.42. The van der Waals surface area contributed by atoms with Crippen molar-refractivity contribution in [2.75, 3.05) is 3.71 Å². The number of aromatic nitrogens is 2. The lowest BCUT2D eigenvalue weighted by Crippen LogP contribution is -2.37. The predicted molar refractivity (Wildman–Crippen MR) is 172 cm³/mol. The van der Waals surface area contributed by atoms with E-state index >= 15 is 0 Å². The van der Waals surface area contributed by atoms with Crippen LogP contribution in [-0.2, 0) is 20.0 Å². The monoisotopic (exact) mass is 631 g/mol. The fraction of sp³-hybridized carbons (Fsp3) is 0.0968. The van der Waals surface area contributed by atoms with Crippen molar-refractivity contribution in [1.82, 2.24) is 9.97 Å². The van der Waals surface area contributed by atoms with Crippen LogP contribution in [0.1, 0.15) is 19.4 Å². The van der Waals surface area contributed by atoms with Crippen molar-refractivity contribution in [2.45, 2.75) is 25.7 Å². The Bertz CT molecular complexity index is 2090. The summed E-state index contributed by atoms with van der Waals surface area (Å²) in [7, 11) is -9.17. The average Bonchev–Trinajstić information content (AvgIpc) is 3.70. The summed E-state index contributed by atoms with van der Waals surface area (Å²) in [5, 5.41) is 3.89. The quantitative estimate of drug-likeness (QED) is 0.131. The molecule has 0 N–H and O–H groups in total. The second kappa shape index (κ2) is 11.7. The number of aryl methyl sites for hydroxylation is 1. The Morgan fingerprint density at radius 2 is 1.43 bits per heavy atom. The van der Waals surface area contributed by atoms with E-state index in [4.69, 9.17) is 16.4 Å². The second-order valence-electron chi connectivity index (χ2n) is 9.34. The van der Waals surface area contributed by atoms with Gasteiger partial charge in [0.1, 0.15) is 11.4 Å². The molecule has 0 bridgehead atoms. The van der Waals surface area contributed by atoms with Crippen LogP contribution in [0.2, 0.25) is 0 Å². The van der Waals surface area contributed by atoms with E-state index in [1.807, 2.05) is 41.9 Å². The van der Waals surface area contributed by atoms with Gasteiger partial charge in [0.2, 0.25) is 0 Å². The highest BCUT2D eigenvalue weighted by Crippen LogP contribution is 2.37. The molecule has 42 heavy (non-hydrogen) atoms. The number of terminal acetylenes is 1. The van der Waals surface area contributed by atoms with Crippen molar-refractivity contribution >= 4 is 59.4 Å². The van der Waals surface area contributed by atoms with Gasteiger partial charge in [-0.25, -0.2) is 26.8 Å². The minimum atomic E-state index is -4.59. The van der Waals surface area contributed by atoms with Crippen LogP contribution in [0.4, 0.5) is 5.69 Å². The van der Waals surface area contributed by atoms with Gasteiger partial charge >= 0.3 is 0 Å². The van der Waals surface area contributed by atoms with E-state index < -0.39 is 20.0 Å². The lowest BCUT2D eigenvalue weighted by molar-refractivity contribution is 0.587. The number of hydrogen-bond donors (Lipinski definition) is 0. The van der Waals surface area contributed by atoms with Gasteiger partial charge in [0, 0.05) is 0 Å². The van der Waals surface area contributed by atoms with Crippen molar-refractivity contribution in [3.05, 3.63) is 106 Å². The third-order valence-electron chi connectivity index (χ3n) is 6.33. The maximum Gasteiger partial charge on any atom is 0.277 e. The van der Waals surface area contributed by atoms with Gasteiger partial charge in [0.25, 0.3) is 20.0 Å². The molecule has 7 nitrogen and oxygen atoms in total. The highest BCUT2D eigenvalue weighted by molar-refractivity contribution is 8.12. The van der Waals surface area contributed by atoms with Crippen molar-refractivity contribution in [2.24, 2.45) is 0 Å². The summed E-state index contributed by atoms with van der Waals surface area (Å²) in [4.78, 5) is 11.2. The molecule has 3 aromatic heterocycles. The van der Waals surface area contributed by atoms with Crippen LogP contribution in [0.25, 0.3) is 32.2 Å². The molecule has 0 aliphatic rings. The van der Waals surface area contributed by atoms with Crippen LogP contribution < -0.4 is 3.71 Å². The first-order valence-corrected chi connectivity index (χ1v) is 17.2. The average molecular weight is 632 g/mol. The molecule has 0 radical (unpaired) electrons. The lowest BCUT2D eigenvalue weighted by Gasteiger charge is -2.24. The topological polar surface area (TPSA) is 97.3 Å². The van der Waals surface area contributed by atoms with E-state index in [0.29, 0.717) is 31.7 Å². The number of nitrogens with zero attached hydrogens (tertiary/aromatic N) is 3. The Hall–Kier alpha value is -4.08. The molecule has 5 aromatic rings. The van der Waals surface area contributed by atoms with Gasteiger partial charge in [0.05, 0.1) is 36.3 Å². The van der Waals surface area contributed by atoms with Crippen LogP contribution >= 0.6 is 22.7 Å². The zero-order valence-corrected chi connectivity index (χ0v) is 26.1. The third kappa shape index (κ3) is 5.67. The van der Waals surface area contributed by atoms with Crippen LogP contribution in [0.3, 0.4) is 0 Å². The van der Waals surface area contributed by atoms with Crippen molar-refractivity contribution in [3.63, 3.8) is 0 Å². The number of anilines is 1. The van der Waals surface area contributed by atoms with E-state index in [0.717, 1.165) is 15.3 Å². The zero-order valence-electron chi connectivity index (χ0n) is 22.8. The molecule has 0 fully saturated rings. The number of thiophene rings is 2. The van der Waals surface area contributed by atoms with Gasteiger partial charge < -0.3 is 0 Å². The third-order valence-corrected chi connectivity index (χ3v) is 12.4. The van der Waals surface area contributed by atoms with E-state index in [1.165, 1.54) is 66.0 Å².